The van der Waals surface area contributed by atoms with Crippen LogP contribution >= 0.6 is 0 Å². The minimum atomic E-state index is -0.500. The summed E-state index contributed by atoms with van der Waals surface area (Å²) in [6, 6.07) is 14.9. The number of ether oxygens (including phenoxy) is 1. The molecule has 164 valence electrons. The van der Waals surface area contributed by atoms with Gasteiger partial charge in [-0.3, -0.25) is 15.0 Å². The number of rotatable bonds is 9. The molecule has 0 radical (unpaired) electrons. The molecule has 1 saturated carbocycles. The quantitative estimate of drug-likeness (QED) is 0.425. The van der Waals surface area contributed by atoms with Crippen LogP contribution in [-0.2, 0) is 16.0 Å². The van der Waals surface area contributed by atoms with E-state index in [2.05, 4.69) is 11.4 Å². The van der Waals surface area contributed by atoms with E-state index in [1.807, 2.05) is 30.3 Å². The first-order valence-electron chi connectivity index (χ1n) is 10.8. The first-order chi connectivity index (χ1) is 14.9. The summed E-state index contributed by atoms with van der Waals surface area (Å²) in [5.41, 5.74) is 8.34. The Labute approximate surface area is 183 Å². The van der Waals surface area contributed by atoms with Gasteiger partial charge in [0.2, 0.25) is 5.91 Å². The van der Waals surface area contributed by atoms with Crippen molar-refractivity contribution >= 4 is 17.5 Å². The topological polar surface area (TPSA) is 105 Å². The maximum absolute atomic E-state index is 12.7. The Hall–Kier alpha value is -3.15. The standard InChI is InChI=1S/C25H31N3O3/c1-16(23(29)13-8-17-6-9-18(10-7-17)24(26)27)28-25(30)21-12-11-20(14-21)19-4-3-5-22(15-19)31-2/h3-7,9-10,15-16,20-21H,8,11-14H2,1-2H3,(H3,26,27)(H,28,30)/t16-,20-,21+/m0/s1. The van der Waals surface area contributed by atoms with Gasteiger partial charge < -0.3 is 15.8 Å². The van der Waals surface area contributed by atoms with Crippen LogP contribution < -0.4 is 15.8 Å². The van der Waals surface area contributed by atoms with Gasteiger partial charge in [0, 0.05) is 17.9 Å². The van der Waals surface area contributed by atoms with Crippen molar-refractivity contribution in [3.8, 4) is 5.75 Å². The highest BCUT2D eigenvalue weighted by Gasteiger charge is 2.32. The molecule has 1 aliphatic rings. The van der Waals surface area contributed by atoms with E-state index < -0.39 is 6.04 Å². The van der Waals surface area contributed by atoms with Crippen LogP contribution in [0, 0.1) is 11.3 Å². The summed E-state index contributed by atoms with van der Waals surface area (Å²) in [6.07, 6.45) is 3.54. The SMILES string of the molecule is COc1cccc([C@H]2CC[C@@H](C(=O)N[C@@H](C)C(=O)CCc3ccc(C(=N)N)cc3)C2)c1. The Morgan fingerprint density at radius 2 is 1.94 bits per heavy atom. The fourth-order valence-corrected chi connectivity index (χ4v) is 4.16. The number of nitrogens with one attached hydrogen (secondary N) is 2. The Bertz CT molecular complexity index is 939. The molecular formula is C25H31N3O3. The minimum absolute atomic E-state index is 0.0198. The van der Waals surface area contributed by atoms with Gasteiger partial charge >= 0.3 is 0 Å². The molecule has 0 unspecified atom stereocenters. The summed E-state index contributed by atoms with van der Waals surface area (Å²) in [4.78, 5) is 25.2. The minimum Gasteiger partial charge on any atom is -0.497 e. The zero-order valence-electron chi connectivity index (χ0n) is 18.2. The highest BCUT2D eigenvalue weighted by Crippen LogP contribution is 2.39. The average molecular weight is 422 g/mol. The molecule has 31 heavy (non-hydrogen) atoms. The van der Waals surface area contributed by atoms with E-state index >= 15 is 0 Å². The normalized spacial score (nSPS) is 18.9. The molecule has 1 amide bonds. The van der Waals surface area contributed by atoms with Gasteiger partial charge in [-0.1, -0.05) is 36.4 Å². The second kappa shape index (κ2) is 10.2. The number of carbonyl (C=O) groups is 2. The summed E-state index contributed by atoms with van der Waals surface area (Å²) in [6.45, 7) is 1.76. The summed E-state index contributed by atoms with van der Waals surface area (Å²) in [5.74, 6) is 1.13. The van der Waals surface area contributed by atoms with Crippen LogP contribution in [0.2, 0.25) is 0 Å². The molecule has 6 heteroatoms. The number of ketones is 1. The van der Waals surface area contributed by atoms with Gasteiger partial charge in [0.15, 0.2) is 5.78 Å². The third-order valence-electron chi connectivity index (χ3n) is 6.14. The number of methoxy groups -OCH3 is 1. The first-order valence-corrected chi connectivity index (χ1v) is 10.8. The molecule has 0 aromatic heterocycles. The van der Waals surface area contributed by atoms with Gasteiger partial charge in [0.05, 0.1) is 13.2 Å². The number of hydrogen-bond acceptors (Lipinski definition) is 4. The second-order valence-electron chi connectivity index (χ2n) is 8.29. The number of Topliss-reactive ketones (excluding diaryl/α,β-unsaturated/α-hetero) is 1. The third-order valence-corrected chi connectivity index (χ3v) is 6.14. The average Bonchev–Trinajstić information content (AvgIpc) is 3.28. The fourth-order valence-electron chi connectivity index (χ4n) is 4.16. The van der Waals surface area contributed by atoms with E-state index in [0.29, 0.717) is 24.3 Å². The Morgan fingerprint density at radius 3 is 2.61 bits per heavy atom. The largest absolute Gasteiger partial charge is 0.497 e. The predicted molar refractivity (Wildman–Crippen MR) is 121 cm³/mol. The molecule has 1 fully saturated rings. The molecule has 3 rings (SSSR count). The highest BCUT2D eigenvalue weighted by molar-refractivity contribution is 5.95. The summed E-state index contributed by atoms with van der Waals surface area (Å²) in [5, 5.41) is 10.3. The molecule has 6 nitrogen and oxygen atoms in total. The van der Waals surface area contributed by atoms with E-state index in [4.69, 9.17) is 15.9 Å². The molecule has 2 aromatic rings. The van der Waals surface area contributed by atoms with Gasteiger partial charge in [-0.2, -0.15) is 0 Å². The lowest BCUT2D eigenvalue weighted by atomic mass is 9.95. The van der Waals surface area contributed by atoms with E-state index in [1.165, 1.54) is 5.56 Å². The van der Waals surface area contributed by atoms with Crippen molar-refractivity contribution < 1.29 is 14.3 Å². The zero-order valence-corrected chi connectivity index (χ0v) is 18.2. The summed E-state index contributed by atoms with van der Waals surface area (Å²) in [7, 11) is 1.66. The van der Waals surface area contributed by atoms with Crippen molar-refractivity contribution in [2.75, 3.05) is 7.11 Å². The lowest BCUT2D eigenvalue weighted by Crippen LogP contribution is -2.41. The molecule has 2 aromatic carbocycles. The first kappa shape index (κ1) is 22.5. The smallest absolute Gasteiger partial charge is 0.223 e. The molecule has 0 bridgehead atoms. The van der Waals surface area contributed by atoms with Crippen LogP contribution in [-0.4, -0.2) is 30.7 Å². The lowest BCUT2D eigenvalue weighted by molar-refractivity contribution is -0.129. The molecular weight excluding hydrogens is 390 g/mol. The van der Waals surface area contributed by atoms with E-state index in [1.54, 1.807) is 26.2 Å². The van der Waals surface area contributed by atoms with Crippen molar-refractivity contribution in [1.29, 1.82) is 5.41 Å². The maximum atomic E-state index is 12.7. The van der Waals surface area contributed by atoms with Crippen molar-refractivity contribution in [3.05, 3.63) is 65.2 Å². The van der Waals surface area contributed by atoms with E-state index in [-0.39, 0.29) is 23.4 Å². The number of nitrogen functional groups attached to an aromatic ring is 1. The van der Waals surface area contributed by atoms with E-state index in [9.17, 15) is 9.59 Å². The van der Waals surface area contributed by atoms with Crippen molar-refractivity contribution in [2.24, 2.45) is 11.7 Å². The Balaban J connectivity index is 1.47. The van der Waals surface area contributed by atoms with Crippen LogP contribution in [0.15, 0.2) is 48.5 Å². The van der Waals surface area contributed by atoms with Crippen LogP contribution in [0.1, 0.15) is 55.2 Å². The Kier molecular flexibility index (Phi) is 7.45. The number of aryl methyl sites for hydroxylation is 1. The van der Waals surface area contributed by atoms with Gasteiger partial charge in [0.25, 0.3) is 0 Å². The van der Waals surface area contributed by atoms with Crippen molar-refractivity contribution in [3.63, 3.8) is 0 Å². The molecule has 4 N–H and O–H groups in total. The number of amidine groups is 1. The molecule has 1 aliphatic carbocycles. The number of nitrogens with two attached hydrogens (primary N) is 1. The highest BCUT2D eigenvalue weighted by atomic mass is 16.5. The van der Waals surface area contributed by atoms with Crippen LogP contribution in [0.3, 0.4) is 0 Å². The van der Waals surface area contributed by atoms with Crippen molar-refractivity contribution in [2.45, 2.75) is 51.0 Å². The van der Waals surface area contributed by atoms with Gasteiger partial charge in [0.1, 0.15) is 11.6 Å². The molecule has 0 spiro atoms. The molecule has 0 aliphatic heterocycles. The van der Waals surface area contributed by atoms with Crippen molar-refractivity contribution in [1.82, 2.24) is 5.32 Å². The van der Waals surface area contributed by atoms with Gasteiger partial charge in [-0.25, -0.2) is 0 Å². The zero-order chi connectivity index (χ0) is 22.4. The van der Waals surface area contributed by atoms with Crippen LogP contribution in [0.25, 0.3) is 0 Å². The number of hydrogen-bond donors (Lipinski definition) is 3. The monoisotopic (exact) mass is 421 g/mol. The second-order valence-corrected chi connectivity index (χ2v) is 8.29. The summed E-state index contributed by atoms with van der Waals surface area (Å²) < 4.78 is 5.31. The van der Waals surface area contributed by atoms with Gasteiger partial charge in [-0.15, -0.1) is 0 Å². The molecule has 0 saturated heterocycles. The number of benzene rings is 2. The lowest BCUT2D eigenvalue weighted by Gasteiger charge is -2.17. The number of amides is 1. The maximum Gasteiger partial charge on any atom is 0.223 e. The Morgan fingerprint density at radius 1 is 1.19 bits per heavy atom. The van der Waals surface area contributed by atoms with Crippen LogP contribution in [0.4, 0.5) is 0 Å². The van der Waals surface area contributed by atoms with Crippen LogP contribution in [0.5, 0.6) is 5.75 Å². The number of carbonyl (C=O) groups excluding carboxylic acids is 2. The predicted octanol–water partition coefficient (Wildman–Crippen LogP) is 3.57. The molecule has 0 heterocycles. The van der Waals surface area contributed by atoms with E-state index in [0.717, 1.165) is 30.6 Å². The fraction of sp³-hybridized carbons (Fsp3) is 0.400. The van der Waals surface area contributed by atoms with Gasteiger partial charge in [-0.05, 0) is 61.8 Å². The summed E-state index contributed by atoms with van der Waals surface area (Å²) >= 11 is 0. The third kappa shape index (κ3) is 5.94. The molecule has 3 atom stereocenters.